The molecule has 0 bridgehead atoms. The topological polar surface area (TPSA) is 61.9 Å². The molecule has 0 saturated carbocycles. The van der Waals surface area contributed by atoms with E-state index in [1.807, 2.05) is 31.2 Å². The predicted molar refractivity (Wildman–Crippen MR) is 94.5 cm³/mol. The molecule has 0 aromatic heterocycles. The highest BCUT2D eigenvalue weighted by Gasteiger charge is 2.30. The summed E-state index contributed by atoms with van der Waals surface area (Å²) in [6.45, 7) is 6.63. The maximum Gasteiger partial charge on any atom is 0.325 e. The lowest BCUT2D eigenvalue weighted by Gasteiger charge is -2.18. The highest BCUT2D eigenvalue weighted by atomic mass is 16.5. The van der Waals surface area contributed by atoms with Crippen molar-refractivity contribution in [2.75, 3.05) is 37.7 Å². The van der Waals surface area contributed by atoms with E-state index in [-0.39, 0.29) is 18.5 Å². The Morgan fingerprint density at radius 3 is 2.58 bits per heavy atom. The monoisotopic (exact) mass is 333 g/mol. The van der Waals surface area contributed by atoms with Gasteiger partial charge in [0, 0.05) is 25.3 Å². The van der Waals surface area contributed by atoms with Crippen LogP contribution >= 0.6 is 0 Å². The Bertz CT molecular complexity index is 545. The molecule has 2 rings (SSSR count). The van der Waals surface area contributed by atoms with Crippen LogP contribution in [0.5, 0.6) is 5.75 Å². The maximum absolute atomic E-state index is 12.5. The summed E-state index contributed by atoms with van der Waals surface area (Å²) >= 11 is 0. The molecule has 0 spiro atoms. The van der Waals surface area contributed by atoms with Gasteiger partial charge in [0.25, 0.3) is 0 Å². The number of amides is 3. The van der Waals surface area contributed by atoms with Gasteiger partial charge in [0.15, 0.2) is 0 Å². The number of carbonyl (C=O) groups is 2. The lowest BCUT2D eigenvalue weighted by atomic mass is 10.2. The summed E-state index contributed by atoms with van der Waals surface area (Å²) in [5, 5.41) is 2.87. The van der Waals surface area contributed by atoms with Crippen molar-refractivity contribution in [1.82, 2.24) is 10.2 Å². The van der Waals surface area contributed by atoms with E-state index in [9.17, 15) is 9.59 Å². The molecule has 6 nitrogen and oxygen atoms in total. The third-order valence-corrected chi connectivity index (χ3v) is 3.99. The normalized spacial score (nSPS) is 14.2. The third kappa shape index (κ3) is 4.88. The van der Waals surface area contributed by atoms with Crippen LogP contribution in [0, 0.1) is 0 Å². The summed E-state index contributed by atoms with van der Waals surface area (Å²) in [5.41, 5.74) is 0.828. The van der Waals surface area contributed by atoms with Crippen molar-refractivity contribution in [3.63, 3.8) is 0 Å². The molecule has 1 aliphatic rings. The minimum absolute atomic E-state index is 0.0898. The Balaban J connectivity index is 1.84. The van der Waals surface area contributed by atoms with Crippen molar-refractivity contribution < 1.29 is 14.3 Å². The van der Waals surface area contributed by atoms with E-state index in [4.69, 9.17) is 4.74 Å². The number of nitrogens with zero attached hydrogens (tertiary/aromatic N) is 2. The first-order valence-electron chi connectivity index (χ1n) is 8.71. The molecule has 1 aromatic rings. The maximum atomic E-state index is 12.5. The van der Waals surface area contributed by atoms with Crippen molar-refractivity contribution in [3.8, 4) is 5.75 Å². The quantitative estimate of drug-likeness (QED) is 0.707. The summed E-state index contributed by atoms with van der Waals surface area (Å²) in [6, 6.07) is 7.33. The molecule has 6 heteroatoms. The number of benzene rings is 1. The van der Waals surface area contributed by atoms with Crippen LogP contribution in [0.3, 0.4) is 0 Å². The number of hydrogen-bond acceptors (Lipinski definition) is 3. The molecule has 1 saturated heterocycles. The zero-order chi connectivity index (χ0) is 17.4. The van der Waals surface area contributed by atoms with Gasteiger partial charge < -0.3 is 15.0 Å². The zero-order valence-electron chi connectivity index (χ0n) is 14.6. The molecule has 1 aliphatic heterocycles. The molecule has 1 N–H and O–H groups in total. The molecule has 3 amide bonds. The molecule has 0 radical (unpaired) electrons. The first-order chi connectivity index (χ1) is 11.7. The van der Waals surface area contributed by atoms with E-state index in [1.54, 1.807) is 9.80 Å². The minimum atomic E-state index is -0.122. The van der Waals surface area contributed by atoms with E-state index < -0.39 is 0 Å². The molecular weight excluding hydrogens is 306 g/mol. The van der Waals surface area contributed by atoms with Gasteiger partial charge in [-0.3, -0.25) is 9.69 Å². The van der Waals surface area contributed by atoms with Crippen LogP contribution < -0.4 is 15.0 Å². The van der Waals surface area contributed by atoms with Gasteiger partial charge in [0.2, 0.25) is 5.91 Å². The highest BCUT2D eigenvalue weighted by Crippen LogP contribution is 2.23. The zero-order valence-corrected chi connectivity index (χ0v) is 14.6. The number of rotatable bonds is 9. The van der Waals surface area contributed by atoms with E-state index >= 15 is 0 Å². The van der Waals surface area contributed by atoms with E-state index in [2.05, 4.69) is 12.2 Å². The number of hydrogen-bond donors (Lipinski definition) is 1. The average molecular weight is 333 g/mol. The highest BCUT2D eigenvalue weighted by molar-refractivity contribution is 5.96. The number of nitrogens with one attached hydrogen (secondary N) is 1. The van der Waals surface area contributed by atoms with E-state index in [0.29, 0.717) is 26.2 Å². The predicted octanol–water partition coefficient (Wildman–Crippen LogP) is 2.63. The Hall–Kier alpha value is -2.24. The molecule has 132 valence electrons. The van der Waals surface area contributed by atoms with Crippen LogP contribution in [0.15, 0.2) is 24.3 Å². The Morgan fingerprint density at radius 2 is 1.92 bits per heavy atom. The summed E-state index contributed by atoms with van der Waals surface area (Å²) in [6.07, 6.45) is 3.21. The standard InChI is InChI=1S/C18H27N3O3/c1-3-5-6-11-19-17(22)14-20-12-13-21(18(20)23)15-7-9-16(10-8-15)24-4-2/h7-10H,3-6,11-14H2,1-2H3,(H,19,22). The van der Waals surface area contributed by atoms with Crippen molar-refractivity contribution in [3.05, 3.63) is 24.3 Å². The Morgan fingerprint density at radius 1 is 1.17 bits per heavy atom. The Kier molecular flexibility index (Phi) is 6.90. The van der Waals surface area contributed by atoms with Crippen molar-refractivity contribution in [2.45, 2.75) is 33.1 Å². The minimum Gasteiger partial charge on any atom is -0.494 e. The van der Waals surface area contributed by atoms with Gasteiger partial charge >= 0.3 is 6.03 Å². The smallest absolute Gasteiger partial charge is 0.325 e. The van der Waals surface area contributed by atoms with Gasteiger partial charge in [-0.2, -0.15) is 0 Å². The fourth-order valence-electron chi connectivity index (χ4n) is 2.69. The second-order valence-electron chi connectivity index (χ2n) is 5.84. The van der Waals surface area contributed by atoms with Crippen LogP contribution in [-0.4, -0.2) is 49.6 Å². The van der Waals surface area contributed by atoms with Gasteiger partial charge in [0.05, 0.1) is 6.61 Å². The fourth-order valence-corrected chi connectivity index (χ4v) is 2.69. The molecule has 0 aliphatic carbocycles. The van der Waals surface area contributed by atoms with E-state index in [0.717, 1.165) is 30.7 Å². The van der Waals surface area contributed by atoms with Gasteiger partial charge in [-0.1, -0.05) is 19.8 Å². The average Bonchev–Trinajstić information content (AvgIpc) is 2.93. The second-order valence-corrected chi connectivity index (χ2v) is 5.84. The van der Waals surface area contributed by atoms with Crippen molar-refractivity contribution >= 4 is 17.6 Å². The molecule has 1 fully saturated rings. The molecule has 1 aromatic carbocycles. The Labute approximate surface area is 143 Å². The van der Waals surface area contributed by atoms with E-state index in [1.165, 1.54) is 0 Å². The van der Waals surface area contributed by atoms with Crippen LogP contribution in [0.4, 0.5) is 10.5 Å². The largest absolute Gasteiger partial charge is 0.494 e. The molecule has 0 atom stereocenters. The van der Waals surface area contributed by atoms with Gasteiger partial charge in [-0.15, -0.1) is 0 Å². The van der Waals surface area contributed by atoms with Crippen molar-refractivity contribution in [1.29, 1.82) is 0 Å². The summed E-state index contributed by atoms with van der Waals surface area (Å²) in [4.78, 5) is 27.7. The number of unbranched alkanes of at least 4 members (excludes halogenated alkanes) is 2. The first-order valence-corrected chi connectivity index (χ1v) is 8.71. The number of urea groups is 1. The van der Waals surface area contributed by atoms with Crippen LogP contribution in [-0.2, 0) is 4.79 Å². The van der Waals surface area contributed by atoms with Gasteiger partial charge in [-0.05, 0) is 37.6 Å². The molecule has 1 heterocycles. The van der Waals surface area contributed by atoms with Crippen molar-refractivity contribution in [2.24, 2.45) is 0 Å². The first kappa shape index (κ1) is 18.1. The molecule has 0 unspecified atom stereocenters. The third-order valence-electron chi connectivity index (χ3n) is 3.99. The van der Waals surface area contributed by atoms with Crippen LogP contribution in [0.2, 0.25) is 0 Å². The second kappa shape index (κ2) is 9.15. The number of anilines is 1. The van der Waals surface area contributed by atoms with Gasteiger partial charge in [-0.25, -0.2) is 4.79 Å². The molecule has 24 heavy (non-hydrogen) atoms. The fraction of sp³-hybridized carbons (Fsp3) is 0.556. The number of ether oxygens (including phenoxy) is 1. The lowest BCUT2D eigenvalue weighted by Crippen LogP contribution is -2.40. The molecular formula is C18H27N3O3. The summed E-state index contributed by atoms with van der Waals surface area (Å²) in [5.74, 6) is 0.698. The van der Waals surface area contributed by atoms with Gasteiger partial charge in [0.1, 0.15) is 12.3 Å². The van der Waals surface area contributed by atoms with Crippen LogP contribution in [0.1, 0.15) is 33.1 Å². The summed E-state index contributed by atoms with van der Waals surface area (Å²) in [7, 11) is 0. The summed E-state index contributed by atoms with van der Waals surface area (Å²) < 4.78 is 5.41. The van der Waals surface area contributed by atoms with Crippen LogP contribution in [0.25, 0.3) is 0 Å². The lowest BCUT2D eigenvalue weighted by molar-refractivity contribution is -0.121. The number of carbonyl (C=O) groups excluding carboxylic acids is 2. The SMILES string of the molecule is CCCCCNC(=O)CN1CCN(c2ccc(OCC)cc2)C1=O.